The number of aromatic nitrogens is 2. The van der Waals surface area contributed by atoms with Gasteiger partial charge in [0, 0.05) is 36.6 Å². The molecule has 2 aromatic heterocycles. The first-order chi connectivity index (χ1) is 19.8. The number of carbonyl (C=O) groups excluding carboxylic acids is 1. The lowest BCUT2D eigenvalue weighted by Gasteiger charge is -2.30. The molecule has 0 radical (unpaired) electrons. The molecule has 1 amide bonds. The molecule has 0 saturated carbocycles. The Morgan fingerprint density at radius 3 is 2.83 bits per heavy atom. The fourth-order valence-electron chi connectivity index (χ4n) is 5.53. The first-order valence-electron chi connectivity index (χ1n) is 13.7. The zero-order valence-electron chi connectivity index (χ0n) is 22.3. The van der Waals surface area contributed by atoms with E-state index in [4.69, 9.17) is 16.0 Å². The third-order valence-electron chi connectivity index (χ3n) is 7.74. The van der Waals surface area contributed by atoms with Crippen LogP contribution in [0, 0.1) is 11.8 Å². The zero-order valence-corrected chi connectivity index (χ0v) is 23.9. The number of amides is 1. The lowest BCUT2D eigenvalue weighted by atomic mass is 9.91. The summed E-state index contributed by atoms with van der Waals surface area (Å²) in [6.45, 7) is 0.722. The summed E-state index contributed by atoms with van der Waals surface area (Å²) in [5.74, 6) is 1.33. The van der Waals surface area contributed by atoms with Gasteiger partial charge < -0.3 is 20.4 Å². The average Bonchev–Trinajstić information content (AvgIpc) is 3.51. The number of furan rings is 1. The van der Waals surface area contributed by atoms with Gasteiger partial charge in [-0.2, -0.15) is 9.29 Å². The number of fused-ring (bicyclic) bond motifs is 6. The van der Waals surface area contributed by atoms with Gasteiger partial charge in [0.2, 0.25) is 16.9 Å². The second-order valence-electron chi connectivity index (χ2n) is 10.6. The summed E-state index contributed by atoms with van der Waals surface area (Å²) in [7, 11) is -3.64. The summed E-state index contributed by atoms with van der Waals surface area (Å²) >= 11 is 6.38. The van der Waals surface area contributed by atoms with Crippen LogP contribution in [-0.2, 0) is 21.2 Å². The molecule has 41 heavy (non-hydrogen) atoms. The normalized spacial score (nSPS) is 19.5. The number of aryl methyl sites for hydroxylation is 1. The Hall–Kier alpha value is -3.67. The van der Waals surface area contributed by atoms with Crippen molar-refractivity contribution in [3.05, 3.63) is 77.3 Å². The molecule has 4 heterocycles. The third kappa shape index (κ3) is 6.32. The molecule has 0 spiro atoms. The molecule has 1 atom stereocenters. The Bertz CT molecular complexity index is 1600. The van der Waals surface area contributed by atoms with Crippen LogP contribution in [0.15, 0.2) is 76.2 Å². The van der Waals surface area contributed by atoms with Gasteiger partial charge in [-0.25, -0.2) is 13.4 Å². The molecule has 12 heteroatoms. The van der Waals surface area contributed by atoms with Gasteiger partial charge in [0.05, 0.1) is 12.5 Å². The fourth-order valence-corrected chi connectivity index (χ4v) is 7.04. The van der Waals surface area contributed by atoms with Gasteiger partial charge in [-0.1, -0.05) is 23.8 Å². The highest BCUT2D eigenvalue weighted by Gasteiger charge is 2.32. The van der Waals surface area contributed by atoms with Gasteiger partial charge >= 0.3 is 0 Å². The largest absolute Gasteiger partial charge is 0.452 e. The van der Waals surface area contributed by atoms with E-state index in [1.54, 1.807) is 12.3 Å². The van der Waals surface area contributed by atoms with E-state index in [0.717, 1.165) is 41.9 Å². The number of rotatable bonds is 5. The number of allylic oxidation sites excluding steroid dienone is 4. The number of benzene rings is 1. The third-order valence-corrected chi connectivity index (χ3v) is 9.80. The summed E-state index contributed by atoms with van der Waals surface area (Å²) in [4.78, 5) is 22.0. The van der Waals surface area contributed by atoms with Crippen molar-refractivity contribution in [3.8, 4) is 0 Å². The molecule has 3 aromatic rings. The van der Waals surface area contributed by atoms with Crippen LogP contribution in [0.25, 0.3) is 0 Å². The van der Waals surface area contributed by atoms with Crippen molar-refractivity contribution in [1.82, 2.24) is 14.3 Å². The molecule has 6 rings (SSSR count). The standard InChI is InChI=1S/C29H31ClN6O4S/c30-24-18-31-29-33-22-4-1-3-19(15-22)6-7-21-17-23(32-28(24)35-29)8-9-25(21)34-26(37)16-20-10-12-36(13-11-20)41(38,39)27-5-2-14-40-27/h1-5,8-9,14,17-20H,6-7,10-13,15-16H2,(H,34,37)(H2,31,32,33,35). The van der Waals surface area contributed by atoms with Crippen molar-refractivity contribution < 1.29 is 17.6 Å². The van der Waals surface area contributed by atoms with Gasteiger partial charge in [-0.15, -0.1) is 0 Å². The average molecular weight is 595 g/mol. The first-order valence-corrected chi connectivity index (χ1v) is 15.6. The number of halogens is 1. The van der Waals surface area contributed by atoms with E-state index >= 15 is 0 Å². The second-order valence-corrected chi connectivity index (χ2v) is 12.9. The van der Waals surface area contributed by atoms with Crippen molar-refractivity contribution in [3.63, 3.8) is 0 Å². The predicted octanol–water partition coefficient (Wildman–Crippen LogP) is 5.71. The summed E-state index contributed by atoms with van der Waals surface area (Å²) in [5.41, 5.74) is 3.64. The summed E-state index contributed by atoms with van der Waals surface area (Å²) in [6, 6.07) is 8.85. The fraction of sp³-hybridized carbons (Fsp3) is 0.345. The highest BCUT2D eigenvalue weighted by molar-refractivity contribution is 7.89. The van der Waals surface area contributed by atoms with Crippen molar-refractivity contribution in [2.24, 2.45) is 11.8 Å². The monoisotopic (exact) mass is 594 g/mol. The molecule has 1 aromatic carbocycles. The molecular weight excluding hydrogens is 564 g/mol. The summed E-state index contributed by atoms with van der Waals surface area (Å²) < 4.78 is 32.0. The van der Waals surface area contributed by atoms with Crippen molar-refractivity contribution in [2.75, 3.05) is 29.0 Å². The number of hydrogen-bond donors (Lipinski definition) is 3. The number of hydrogen-bond acceptors (Lipinski definition) is 8. The van der Waals surface area contributed by atoms with Crippen LogP contribution in [-0.4, -0.2) is 41.7 Å². The van der Waals surface area contributed by atoms with Crippen LogP contribution >= 0.6 is 11.6 Å². The molecule has 3 aliphatic rings. The number of anilines is 4. The maximum Gasteiger partial charge on any atom is 0.276 e. The van der Waals surface area contributed by atoms with Gasteiger partial charge in [-0.3, -0.25) is 4.79 Å². The Balaban J connectivity index is 1.14. The highest BCUT2D eigenvalue weighted by atomic mass is 35.5. The van der Waals surface area contributed by atoms with Crippen LogP contribution in [0.2, 0.25) is 5.02 Å². The molecule has 1 saturated heterocycles. The molecule has 214 valence electrons. The van der Waals surface area contributed by atoms with Gasteiger partial charge in [-0.05, 0) is 85.9 Å². The Morgan fingerprint density at radius 1 is 1.17 bits per heavy atom. The maximum atomic E-state index is 13.1. The number of carbonyl (C=O) groups is 1. The molecular formula is C29H31ClN6O4S. The highest BCUT2D eigenvalue weighted by Crippen LogP contribution is 2.32. The molecule has 1 unspecified atom stereocenters. The molecule has 2 aliphatic heterocycles. The van der Waals surface area contributed by atoms with E-state index in [0.29, 0.717) is 55.1 Å². The van der Waals surface area contributed by atoms with Crippen LogP contribution in [0.5, 0.6) is 0 Å². The predicted molar refractivity (Wildman–Crippen MR) is 157 cm³/mol. The van der Waals surface area contributed by atoms with Crippen molar-refractivity contribution in [1.29, 1.82) is 0 Å². The van der Waals surface area contributed by atoms with E-state index < -0.39 is 10.0 Å². The minimum atomic E-state index is -3.64. The lowest BCUT2D eigenvalue weighted by Crippen LogP contribution is -2.39. The summed E-state index contributed by atoms with van der Waals surface area (Å²) in [5, 5.41) is 10.1. The Kier molecular flexibility index (Phi) is 7.83. The molecule has 1 fully saturated rings. The second kappa shape index (κ2) is 11.7. The number of nitrogens with zero attached hydrogens (tertiary/aromatic N) is 3. The van der Waals surface area contributed by atoms with Crippen LogP contribution in [0.4, 0.5) is 23.1 Å². The quantitative estimate of drug-likeness (QED) is 0.342. The van der Waals surface area contributed by atoms with Gasteiger partial charge in [0.15, 0.2) is 5.82 Å². The van der Waals surface area contributed by atoms with Crippen molar-refractivity contribution in [2.45, 2.75) is 43.6 Å². The van der Waals surface area contributed by atoms with Crippen LogP contribution in [0.1, 0.15) is 37.7 Å². The van der Waals surface area contributed by atoms with E-state index in [2.05, 4.69) is 38.1 Å². The molecule has 10 nitrogen and oxygen atoms in total. The number of sulfonamides is 1. The number of piperidine rings is 1. The van der Waals surface area contributed by atoms with Crippen LogP contribution < -0.4 is 16.0 Å². The van der Waals surface area contributed by atoms with Gasteiger partial charge in [0.1, 0.15) is 5.02 Å². The molecule has 6 bridgehead atoms. The van der Waals surface area contributed by atoms with E-state index in [-0.39, 0.29) is 16.9 Å². The minimum Gasteiger partial charge on any atom is -0.452 e. The Labute approximate surface area is 243 Å². The topological polar surface area (TPSA) is 129 Å². The SMILES string of the molecule is O=C(CC1CCN(S(=O)(=O)c2ccco2)CC1)Nc1ccc2cc1CCC1C=CC=C(C1)Nc1ncc(Cl)c(n1)N2. The van der Waals surface area contributed by atoms with E-state index in [1.807, 2.05) is 24.3 Å². The van der Waals surface area contributed by atoms with Crippen LogP contribution in [0.3, 0.4) is 0 Å². The Morgan fingerprint density at radius 2 is 2.02 bits per heavy atom. The van der Waals surface area contributed by atoms with E-state index in [1.165, 1.54) is 16.6 Å². The maximum absolute atomic E-state index is 13.1. The van der Waals surface area contributed by atoms with Crippen molar-refractivity contribution >= 4 is 50.7 Å². The minimum absolute atomic E-state index is 0.0459. The zero-order chi connectivity index (χ0) is 28.4. The molecule has 3 N–H and O–H groups in total. The smallest absolute Gasteiger partial charge is 0.276 e. The number of nitrogens with one attached hydrogen (secondary N) is 3. The van der Waals surface area contributed by atoms with Gasteiger partial charge in [0.25, 0.3) is 10.0 Å². The lowest BCUT2D eigenvalue weighted by molar-refractivity contribution is -0.117. The summed E-state index contributed by atoms with van der Waals surface area (Å²) in [6.07, 6.45) is 13.3. The molecule has 1 aliphatic carbocycles. The van der Waals surface area contributed by atoms with E-state index in [9.17, 15) is 13.2 Å². The first kappa shape index (κ1) is 27.5.